The molecule has 31 heavy (non-hydrogen) atoms. The van der Waals surface area contributed by atoms with E-state index in [4.69, 9.17) is 21.1 Å². The largest absolute Gasteiger partial charge is 0.492 e. The first-order valence-corrected chi connectivity index (χ1v) is 11.3. The highest BCUT2D eigenvalue weighted by molar-refractivity contribution is 7.92. The zero-order valence-corrected chi connectivity index (χ0v) is 18.3. The number of anilines is 2. The van der Waals surface area contributed by atoms with Crippen molar-refractivity contribution in [1.82, 2.24) is 0 Å². The van der Waals surface area contributed by atoms with Crippen molar-refractivity contribution < 1.29 is 22.7 Å². The van der Waals surface area contributed by atoms with E-state index < -0.39 is 15.9 Å². The Morgan fingerprint density at radius 3 is 2.61 bits per heavy atom. The van der Waals surface area contributed by atoms with E-state index in [2.05, 4.69) is 10.0 Å². The van der Waals surface area contributed by atoms with Crippen LogP contribution >= 0.6 is 11.6 Å². The molecule has 0 bridgehead atoms. The Morgan fingerprint density at radius 2 is 1.84 bits per heavy atom. The number of ether oxygens (including phenoxy) is 2. The van der Waals surface area contributed by atoms with E-state index in [9.17, 15) is 13.2 Å². The molecular formula is C22H19ClN2O5S. The molecule has 0 aliphatic carbocycles. The van der Waals surface area contributed by atoms with Gasteiger partial charge >= 0.3 is 0 Å². The quantitative estimate of drug-likeness (QED) is 0.547. The lowest BCUT2D eigenvalue weighted by Gasteiger charge is -2.14. The van der Waals surface area contributed by atoms with Gasteiger partial charge in [-0.2, -0.15) is 0 Å². The molecule has 0 aromatic heterocycles. The summed E-state index contributed by atoms with van der Waals surface area (Å²) in [6.07, 6.45) is 0. The number of rotatable bonds is 5. The Balaban J connectivity index is 1.68. The molecule has 1 aliphatic heterocycles. The van der Waals surface area contributed by atoms with E-state index in [0.717, 1.165) is 5.56 Å². The standard InChI is InChI=1S/C22H19ClN2O5S/c1-3-29-20-7-4-13(2)10-21(20)31(27,28)25-15-6-9-18-16(12-15)22(26)24-17-11-14(23)5-8-19(17)30-18/h4-12,25H,3H2,1-2H3,(H,24,26). The Morgan fingerprint density at radius 1 is 1.06 bits per heavy atom. The van der Waals surface area contributed by atoms with Crippen LogP contribution in [-0.4, -0.2) is 20.9 Å². The van der Waals surface area contributed by atoms with Crippen LogP contribution in [0.2, 0.25) is 5.02 Å². The summed E-state index contributed by atoms with van der Waals surface area (Å²) in [6.45, 7) is 3.90. The van der Waals surface area contributed by atoms with Gasteiger partial charge in [-0.15, -0.1) is 0 Å². The van der Waals surface area contributed by atoms with Gasteiger partial charge in [-0.05, 0) is 67.9 Å². The number of hydrogen-bond acceptors (Lipinski definition) is 5. The summed E-state index contributed by atoms with van der Waals surface area (Å²) in [6, 6.07) is 14.3. The number of amides is 1. The maximum absolute atomic E-state index is 13.0. The van der Waals surface area contributed by atoms with Crippen molar-refractivity contribution in [2.75, 3.05) is 16.6 Å². The molecule has 4 rings (SSSR count). The lowest BCUT2D eigenvalue weighted by Crippen LogP contribution is -2.16. The lowest BCUT2D eigenvalue weighted by atomic mass is 10.1. The molecular weight excluding hydrogens is 440 g/mol. The highest BCUT2D eigenvalue weighted by atomic mass is 35.5. The Kier molecular flexibility index (Phi) is 5.51. The van der Waals surface area contributed by atoms with Gasteiger partial charge in [-0.25, -0.2) is 8.42 Å². The number of hydrogen-bond donors (Lipinski definition) is 2. The van der Waals surface area contributed by atoms with Crippen molar-refractivity contribution in [1.29, 1.82) is 0 Å². The minimum absolute atomic E-state index is 0.0204. The normalized spacial score (nSPS) is 12.7. The van der Waals surface area contributed by atoms with Gasteiger partial charge in [0.1, 0.15) is 16.4 Å². The summed E-state index contributed by atoms with van der Waals surface area (Å²) in [4.78, 5) is 12.7. The molecule has 0 unspecified atom stereocenters. The predicted molar refractivity (Wildman–Crippen MR) is 119 cm³/mol. The van der Waals surface area contributed by atoms with Crippen molar-refractivity contribution in [3.05, 3.63) is 70.7 Å². The number of carbonyl (C=O) groups excluding carboxylic acids is 1. The maximum Gasteiger partial charge on any atom is 0.265 e. The Bertz CT molecular complexity index is 1290. The molecule has 1 aliphatic rings. The van der Waals surface area contributed by atoms with Crippen LogP contribution in [0.25, 0.3) is 0 Å². The zero-order valence-electron chi connectivity index (χ0n) is 16.7. The summed E-state index contributed by atoms with van der Waals surface area (Å²) in [5.74, 6) is 0.546. The first kappa shape index (κ1) is 21.0. The van der Waals surface area contributed by atoms with Gasteiger partial charge in [-0.1, -0.05) is 17.7 Å². The minimum Gasteiger partial charge on any atom is -0.492 e. The highest BCUT2D eigenvalue weighted by Crippen LogP contribution is 2.38. The van der Waals surface area contributed by atoms with Crippen molar-refractivity contribution >= 4 is 38.9 Å². The van der Waals surface area contributed by atoms with E-state index in [0.29, 0.717) is 28.8 Å². The van der Waals surface area contributed by atoms with Gasteiger partial charge in [0.15, 0.2) is 5.75 Å². The van der Waals surface area contributed by atoms with Crippen molar-refractivity contribution in [2.24, 2.45) is 0 Å². The predicted octanol–water partition coefficient (Wildman–Crippen LogP) is 5.21. The Labute approximate surface area is 185 Å². The van der Waals surface area contributed by atoms with Crippen molar-refractivity contribution in [3.63, 3.8) is 0 Å². The number of benzene rings is 3. The third kappa shape index (κ3) is 4.30. The highest BCUT2D eigenvalue weighted by Gasteiger charge is 2.24. The van der Waals surface area contributed by atoms with E-state index in [1.807, 2.05) is 0 Å². The van der Waals surface area contributed by atoms with Crippen LogP contribution in [0.1, 0.15) is 22.8 Å². The summed E-state index contributed by atoms with van der Waals surface area (Å²) in [7, 11) is -3.97. The van der Waals surface area contributed by atoms with E-state index in [1.54, 1.807) is 44.2 Å². The summed E-state index contributed by atoms with van der Waals surface area (Å²) in [5.41, 5.74) is 1.60. The molecule has 1 amide bonds. The monoisotopic (exact) mass is 458 g/mol. The van der Waals surface area contributed by atoms with Crippen LogP contribution in [0.3, 0.4) is 0 Å². The second kappa shape index (κ2) is 8.13. The van der Waals surface area contributed by atoms with Gasteiger partial charge in [0, 0.05) is 10.7 Å². The lowest BCUT2D eigenvalue weighted by molar-refractivity contribution is 0.102. The summed E-state index contributed by atoms with van der Waals surface area (Å²) >= 11 is 6.00. The fraction of sp³-hybridized carbons (Fsp3) is 0.136. The molecule has 0 radical (unpaired) electrons. The van der Waals surface area contributed by atoms with Gasteiger partial charge in [0.2, 0.25) is 0 Å². The molecule has 0 fully saturated rings. The first-order valence-electron chi connectivity index (χ1n) is 9.46. The van der Waals surface area contributed by atoms with Gasteiger partial charge < -0.3 is 14.8 Å². The average molecular weight is 459 g/mol. The summed E-state index contributed by atoms with van der Waals surface area (Å²) in [5, 5.41) is 3.18. The van der Waals surface area contributed by atoms with Crippen LogP contribution in [0.15, 0.2) is 59.5 Å². The van der Waals surface area contributed by atoms with E-state index in [-0.39, 0.29) is 21.9 Å². The topological polar surface area (TPSA) is 93.7 Å². The second-order valence-corrected chi connectivity index (χ2v) is 8.98. The fourth-order valence-electron chi connectivity index (χ4n) is 3.17. The second-order valence-electron chi connectivity index (χ2n) is 6.90. The van der Waals surface area contributed by atoms with E-state index >= 15 is 0 Å². The van der Waals surface area contributed by atoms with Gasteiger partial charge in [0.25, 0.3) is 15.9 Å². The molecule has 0 atom stereocenters. The van der Waals surface area contributed by atoms with Crippen LogP contribution in [0, 0.1) is 6.92 Å². The van der Waals surface area contributed by atoms with Gasteiger partial charge in [-0.3, -0.25) is 9.52 Å². The zero-order chi connectivity index (χ0) is 22.2. The Hall–Kier alpha value is -3.23. The summed E-state index contributed by atoms with van der Waals surface area (Å²) < 4.78 is 39.9. The molecule has 7 nitrogen and oxygen atoms in total. The smallest absolute Gasteiger partial charge is 0.265 e. The van der Waals surface area contributed by atoms with Crippen molar-refractivity contribution in [2.45, 2.75) is 18.7 Å². The molecule has 160 valence electrons. The fourth-order valence-corrected chi connectivity index (χ4v) is 4.62. The molecule has 0 spiro atoms. The molecule has 9 heteroatoms. The number of carbonyl (C=O) groups is 1. The van der Waals surface area contributed by atoms with Gasteiger partial charge in [0.05, 0.1) is 17.9 Å². The van der Waals surface area contributed by atoms with Crippen molar-refractivity contribution in [3.8, 4) is 17.2 Å². The molecule has 3 aromatic carbocycles. The van der Waals surface area contributed by atoms with E-state index in [1.165, 1.54) is 24.3 Å². The number of sulfonamides is 1. The van der Waals surface area contributed by atoms with Crippen LogP contribution < -0.4 is 19.5 Å². The number of halogens is 1. The first-order chi connectivity index (χ1) is 14.8. The molecule has 2 N–H and O–H groups in total. The SMILES string of the molecule is CCOc1ccc(C)cc1S(=O)(=O)Nc1ccc2c(c1)C(=O)Nc1cc(Cl)ccc1O2. The number of aryl methyl sites for hydroxylation is 1. The molecule has 0 saturated carbocycles. The molecule has 1 heterocycles. The van der Waals surface area contributed by atoms with Crippen LogP contribution in [-0.2, 0) is 10.0 Å². The van der Waals surface area contributed by atoms with Crippen LogP contribution in [0.5, 0.6) is 17.2 Å². The third-order valence-corrected chi connectivity index (χ3v) is 6.21. The number of fused-ring (bicyclic) bond motifs is 2. The third-order valence-electron chi connectivity index (χ3n) is 4.57. The van der Waals surface area contributed by atoms with Crippen LogP contribution in [0.4, 0.5) is 11.4 Å². The average Bonchev–Trinajstić information content (AvgIpc) is 2.85. The minimum atomic E-state index is -3.97. The maximum atomic E-state index is 13.0. The number of nitrogens with one attached hydrogen (secondary N) is 2. The molecule has 3 aromatic rings. The molecule has 0 saturated heterocycles.